The van der Waals surface area contributed by atoms with E-state index in [0.29, 0.717) is 5.57 Å². The van der Waals surface area contributed by atoms with Gasteiger partial charge in [0.25, 0.3) is 0 Å². The van der Waals surface area contributed by atoms with E-state index >= 15 is 0 Å². The second-order valence-electron chi connectivity index (χ2n) is 11.8. The predicted molar refractivity (Wildman–Crippen MR) is 127 cm³/mol. The number of ether oxygens (including phenoxy) is 3. The average molecular weight is 535 g/mol. The maximum absolute atomic E-state index is 14.2. The molecule has 1 aromatic heterocycles. The normalized spacial score (nSPS) is 43.7. The van der Waals surface area contributed by atoms with Gasteiger partial charge >= 0.3 is 11.9 Å². The molecule has 0 radical (unpaired) electrons. The summed E-state index contributed by atoms with van der Waals surface area (Å²) < 4.78 is 22.6. The van der Waals surface area contributed by atoms with Crippen molar-refractivity contribution < 1.29 is 53.4 Å². The first-order valence-electron chi connectivity index (χ1n) is 12.7. The molecule has 1 unspecified atom stereocenters. The van der Waals surface area contributed by atoms with Gasteiger partial charge in [0.05, 0.1) is 42.0 Å². The van der Waals surface area contributed by atoms with Crippen LogP contribution < -0.4 is 0 Å². The number of hydrogen-bond donors (Lipinski definition) is 4. The Hall–Kier alpha value is -2.57. The Labute approximate surface area is 219 Å². The molecule has 1 aliphatic heterocycles. The van der Waals surface area contributed by atoms with E-state index in [1.807, 2.05) is 0 Å². The van der Waals surface area contributed by atoms with Crippen molar-refractivity contribution >= 4 is 17.7 Å². The van der Waals surface area contributed by atoms with Gasteiger partial charge in [0, 0.05) is 25.2 Å². The van der Waals surface area contributed by atoms with E-state index in [1.54, 1.807) is 20.8 Å². The minimum atomic E-state index is -2.08. The number of aliphatic hydroxyl groups is 4. The largest absolute Gasteiger partial charge is 0.472 e. The number of hydrogen-bond acceptors (Lipinski definition) is 11. The van der Waals surface area contributed by atoms with Crippen LogP contribution in [-0.4, -0.2) is 86.5 Å². The van der Waals surface area contributed by atoms with E-state index in [4.69, 9.17) is 18.6 Å². The fourth-order valence-corrected chi connectivity index (χ4v) is 7.47. The van der Waals surface area contributed by atoms with Crippen molar-refractivity contribution in [3.63, 3.8) is 0 Å². The molecule has 4 aliphatic rings. The Bertz CT molecular complexity index is 1200. The van der Waals surface area contributed by atoms with Gasteiger partial charge in [-0.15, -0.1) is 0 Å². The Morgan fingerprint density at radius 2 is 1.84 bits per heavy atom. The quantitative estimate of drug-likeness (QED) is 0.317. The van der Waals surface area contributed by atoms with Gasteiger partial charge in [-0.25, -0.2) is 4.79 Å². The zero-order valence-corrected chi connectivity index (χ0v) is 22.0. The van der Waals surface area contributed by atoms with Crippen molar-refractivity contribution in [2.75, 3.05) is 6.61 Å². The van der Waals surface area contributed by atoms with Crippen molar-refractivity contribution in [3.8, 4) is 0 Å². The Morgan fingerprint density at radius 1 is 1.16 bits per heavy atom. The fraction of sp³-hybridized carbons (Fsp3) is 0.667. The molecule has 0 amide bonds. The molecule has 2 heterocycles. The van der Waals surface area contributed by atoms with Crippen LogP contribution in [-0.2, 0) is 23.8 Å². The first kappa shape index (κ1) is 27.0. The third kappa shape index (κ3) is 3.29. The number of aliphatic hydroxyl groups excluding tert-OH is 3. The van der Waals surface area contributed by atoms with E-state index in [2.05, 4.69) is 0 Å². The molecule has 4 N–H and O–H groups in total. The molecular formula is C27H34O11. The van der Waals surface area contributed by atoms with Gasteiger partial charge in [0.1, 0.15) is 30.2 Å². The van der Waals surface area contributed by atoms with Crippen LogP contribution >= 0.6 is 0 Å². The van der Waals surface area contributed by atoms with Crippen molar-refractivity contribution in [1.29, 1.82) is 0 Å². The lowest BCUT2D eigenvalue weighted by molar-refractivity contribution is -0.345. The number of carbonyl (C=O) groups excluding carboxylic acids is 3. The van der Waals surface area contributed by atoms with E-state index in [1.165, 1.54) is 26.2 Å². The lowest BCUT2D eigenvalue weighted by atomic mass is 9.44. The van der Waals surface area contributed by atoms with Gasteiger partial charge in [-0.1, -0.05) is 13.8 Å². The van der Waals surface area contributed by atoms with Crippen LogP contribution in [0.4, 0.5) is 0 Å². The molecule has 2 bridgehead atoms. The highest BCUT2D eigenvalue weighted by atomic mass is 16.6. The van der Waals surface area contributed by atoms with Crippen LogP contribution in [0, 0.1) is 16.7 Å². The molecular weight excluding hydrogens is 500 g/mol. The van der Waals surface area contributed by atoms with Gasteiger partial charge in [-0.2, -0.15) is 0 Å². The van der Waals surface area contributed by atoms with Crippen molar-refractivity contribution in [3.05, 3.63) is 35.3 Å². The Balaban J connectivity index is 1.82. The summed E-state index contributed by atoms with van der Waals surface area (Å²) >= 11 is 0. The van der Waals surface area contributed by atoms with E-state index in [-0.39, 0.29) is 30.6 Å². The minimum Gasteiger partial charge on any atom is -0.472 e. The number of ketones is 1. The highest BCUT2D eigenvalue weighted by Gasteiger charge is 2.77. The van der Waals surface area contributed by atoms with E-state index < -0.39 is 76.2 Å². The highest BCUT2D eigenvalue weighted by Crippen LogP contribution is 2.63. The molecule has 11 nitrogen and oxygen atoms in total. The molecule has 38 heavy (non-hydrogen) atoms. The van der Waals surface area contributed by atoms with E-state index in [0.717, 1.165) is 6.26 Å². The van der Waals surface area contributed by atoms with Crippen LogP contribution in [0.15, 0.2) is 34.2 Å². The minimum absolute atomic E-state index is 0.0316. The second-order valence-corrected chi connectivity index (χ2v) is 11.8. The SMILES string of the molecule is CC(=O)O[C@]12COC1C[C@H](O)[C@@]1(C)C(=O)[C@H](O)C3=C(C)[C@@H](O)C[C@@](O)([C@@H](OC(=O)c4ccoc4)[C@@H]12)C3(C)C. The number of esters is 2. The third-order valence-corrected chi connectivity index (χ3v) is 9.69. The summed E-state index contributed by atoms with van der Waals surface area (Å²) in [6, 6.07) is 1.37. The van der Waals surface area contributed by atoms with Crippen LogP contribution in [0.1, 0.15) is 57.8 Å². The zero-order chi connectivity index (χ0) is 28.0. The maximum Gasteiger partial charge on any atom is 0.341 e. The number of furan rings is 1. The molecule has 11 heteroatoms. The molecule has 3 fully saturated rings. The van der Waals surface area contributed by atoms with Crippen LogP contribution in [0.5, 0.6) is 0 Å². The molecule has 0 aromatic carbocycles. The first-order chi connectivity index (χ1) is 17.6. The maximum atomic E-state index is 14.2. The number of carbonyl (C=O) groups is 3. The number of fused-ring (bicyclic) bond motifs is 5. The van der Waals surface area contributed by atoms with Crippen LogP contribution in [0.2, 0.25) is 0 Å². The van der Waals surface area contributed by atoms with Gasteiger partial charge < -0.3 is 39.1 Å². The highest BCUT2D eigenvalue weighted by molar-refractivity contribution is 5.94. The summed E-state index contributed by atoms with van der Waals surface area (Å²) in [6.07, 6.45) is -4.93. The molecule has 0 spiro atoms. The monoisotopic (exact) mass is 534 g/mol. The fourth-order valence-electron chi connectivity index (χ4n) is 7.47. The number of rotatable bonds is 3. The third-order valence-electron chi connectivity index (χ3n) is 9.69. The molecule has 2 saturated carbocycles. The molecule has 1 aromatic rings. The van der Waals surface area contributed by atoms with Crippen molar-refractivity contribution in [1.82, 2.24) is 0 Å². The molecule has 3 aliphatic carbocycles. The van der Waals surface area contributed by atoms with Crippen molar-refractivity contribution in [2.24, 2.45) is 16.7 Å². The summed E-state index contributed by atoms with van der Waals surface area (Å²) in [5.41, 5.74) is -6.48. The second kappa shape index (κ2) is 8.46. The molecule has 208 valence electrons. The molecule has 9 atom stereocenters. The average Bonchev–Trinajstić information content (AvgIpc) is 3.37. The zero-order valence-electron chi connectivity index (χ0n) is 22.0. The standard InChI is InChI=1S/C27H34O11/c1-12-15(29)9-27(34)22(37-23(33)14-6-7-35-10-14)20-25(5,21(32)19(31)18(12)24(27,3)4)16(30)8-17-26(20,11-36-17)38-13(2)28/h6-7,10,15-17,19-20,22,29-31,34H,8-9,11H2,1-5H3/t15-,16-,17?,19+,20-,22-,25+,26+,27+/m0/s1. The lowest BCUT2D eigenvalue weighted by Gasteiger charge is -2.67. The summed E-state index contributed by atoms with van der Waals surface area (Å²) in [5.74, 6) is -3.73. The van der Waals surface area contributed by atoms with Crippen LogP contribution in [0.25, 0.3) is 0 Å². The Morgan fingerprint density at radius 3 is 2.39 bits per heavy atom. The Kier molecular flexibility index (Phi) is 6.02. The summed E-state index contributed by atoms with van der Waals surface area (Å²) in [5, 5.41) is 46.5. The smallest absolute Gasteiger partial charge is 0.341 e. The van der Waals surface area contributed by atoms with Crippen molar-refractivity contribution in [2.45, 2.75) is 89.2 Å². The first-order valence-corrected chi connectivity index (χ1v) is 12.7. The van der Waals surface area contributed by atoms with Gasteiger partial charge in [-0.05, 0) is 31.1 Å². The summed E-state index contributed by atoms with van der Waals surface area (Å²) in [6.45, 7) is 7.19. The topological polar surface area (TPSA) is 173 Å². The molecule has 5 rings (SSSR count). The van der Waals surface area contributed by atoms with E-state index in [9.17, 15) is 34.8 Å². The van der Waals surface area contributed by atoms with Crippen LogP contribution in [0.3, 0.4) is 0 Å². The van der Waals surface area contributed by atoms with Gasteiger partial charge in [0.2, 0.25) is 0 Å². The lowest BCUT2D eigenvalue weighted by Crippen LogP contribution is -2.81. The number of Topliss-reactive ketones (excluding diaryl/α,β-unsaturated/α-hetero) is 1. The molecule has 1 saturated heterocycles. The summed E-state index contributed by atoms with van der Waals surface area (Å²) in [7, 11) is 0. The summed E-state index contributed by atoms with van der Waals surface area (Å²) in [4.78, 5) is 40.0. The predicted octanol–water partition coefficient (Wildman–Crippen LogP) is 0.675. The van der Waals surface area contributed by atoms with Gasteiger partial charge in [0.15, 0.2) is 11.4 Å². The van der Waals surface area contributed by atoms with Gasteiger partial charge in [-0.3, -0.25) is 9.59 Å².